The van der Waals surface area contributed by atoms with Crippen LogP contribution < -0.4 is 11.1 Å². The van der Waals surface area contributed by atoms with Gasteiger partial charge in [-0.1, -0.05) is 0 Å². The number of nitrogens with one attached hydrogen (secondary N) is 1. The molecule has 1 saturated carbocycles. The van der Waals surface area contributed by atoms with Gasteiger partial charge in [0.2, 0.25) is 5.91 Å². The quantitative estimate of drug-likeness (QED) is 0.751. The minimum Gasteiger partial charge on any atom is -0.382 e. The summed E-state index contributed by atoms with van der Waals surface area (Å²) in [5.74, 6) is 1.12. The minimum atomic E-state index is -0.00231. The Morgan fingerprint density at radius 2 is 2.53 bits per heavy atom. The van der Waals surface area contributed by atoms with E-state index in [1.807, 2.05) is 6.92 Å². The highest BCUT2D eigenvalue weighted by Crippen LogP contribution is 2.32. The van der Waals surface area contributed by atoms with Gasteiger partial charge >= 0.3 is 0 Å². The van der Waals surface area contributed by atoms with Gasteiger partial charge in [0.1, 0.15) is 12.4 Å². The lowest BCUT2D eigenvalue weighted by molar-refractivity contribution is -0.122. The van der Waals surface area contributed by atoms with Gasteiger partial charge in [0, 0.05) is 12.2 Å². The Balaban J connectivity index is 1.81. The van der Waals surface area contributed by atoms with Crippen molar-refractivity contribution in [3.05, 3.63) is 12.3 Å². The molecule has 1 amide bonds. The van der Waals surface area contributed by atoms with E-state index < -0.39 is 0 Å². The third-order valence-electron chi connectivity index (χ3n) is 2.68. The monoisotopic (exact) mass is 208 g/mol. The molecular weight excluding hydrogens is 192 g/mol. The van der Waals surface area contributed by atoms with Crippen LogP contribution in [0.4, 0.5) is 5.82 Å². The van der Waals surface area contributed by atoms with E-state index in [1.54, 1.807) is 16.9 Å². The maximum atomic E-state index is 11.6. The molecule has 1 aromatic heterocycles. The van der Waals surface area contributed by atoms with Crippen LogP contribution in [0.1, 0.15) is 19.8 Å². The summed E-state index contributed by atoms with van der Waals surface area (Å²) < 4.78 is 1.55. The fraction of sp³-hybridized carbons (Fsp3) is 0.600. The zero-order chi connectivity index (χ0) is 10.8. The highest BCUT2D eigenvalue weighted by Gasteiger charge is 2.28. The Morgan fingerprint density at radius 3 is 3.07 bits per heavy atom. The maximum Gasteiger partial charge on any atom is 0.241 e. The second kappa shape index (κ2) is 3.92. The summed E-state index contributed by atoms with van der Waals surface area (Å²) >= 11 is 0. The van der Waals surface area contributed by atoms with Crippen LogP contribution in [0.25, 0.3) is 0 Å². The summed E-state index contributed by atoms with van der Waals surface area (Å²) in [5, 5.41) is 6.91. The second-order valence-corrected chi connectivity index (χ2v) is 4.13. The average molecular weight is 208 g/mol. The molecule has 1 fully saturated rings. The first-order valence-electron chi connectivity index (χ1n) is 5.23. The van der Waals surface area contributed by atoms with E-state index in [0.717, 1.165) is 0 Å². The first-order chi connectivity index (χ1) is 7.15. The van der Waals surface area contributed by atoms with Gasteiger partial charge in [-0.15, -0.1) is 0 Å². The Kier molecular flexibility index (Phi) is 2.62. The van der Waals surface area contributed by atoms with Crippen molar-refractivity contribution in [2.45, 2.75) is 32.4 Å². The third-order valence-corrected chi connectivity index (χ3v) is 2.68. The highest BCUT2D eigenvalue weighted by molar-refractivity contribution is 5.76. The van der Waals surface area contributed by atoms with E-state index in [1.165, 1.54) is 12.8 Å². The first-order valence-corrected chi connectivity index (χ1v) is 5.23. The minimum absolute atomic E-state index is 0.00231. The normalized spacial score (nSPS) is 17.4. The number of hydrogen-bond donors (Lipinski definition) is 2. The molecule has 82 valence electrons. The van der Waals surface area contributed by atoms with Crippen molar-refractivity contribution in [2.24, 2.45) is 5.92 Å². The van der Waals surface area contributed by atoms with Crippen molar-refractivity contribution in [1.29, 1.82) is 0 Å². The number of nitrogens with two attached hydrogens (primary N) is 1. The van der Waals surface area contributed by atoms with E-state index in [0.29, 0.717) is 11.7 Å². The topological polar surface area (TPSA) is 72.9 Å². The number of rotatable bonds is 4. The Morgan fingerprint density at radius 1 is 1.80 bits per heavy atom. The fourth-order valence-corrected chi connectivity index (χ4v) is 1.63. The maximum absolute atomic E-state index is 11.6. The zero-order valence-corrected chi connectivity index (χ0v) is 8.81. The first kappa shape index (κ1) is 10.0. The smallest absolute Gasteiger partial charge is 0.241 e. The van der Waals surface area contributed by atoms with Gasteiger partial charge in [-0.25, -0.2) is 0 Å². The van der Waals surface area contributed by atoms with Gasteiger partial charge < -0.3 is 11.1 Å². The number of anilines is 1. The van der Waals surface area contributed by atoms with Crippen molar-refractivity contribution in [3.63, 3.8) is 0 Å². The number of carbonyl (C=O) groups excluding carboxylic acids is 1. The van der Waals surface area contributed by atoms with Gasteiger partial charge in [0.25, 0.3) is 0 Å². The molecule has 0 aliphatic heterocycles. The lowest BCUT2D eigenvalue weighted by Gasteiger charge is -2.12. The summed E-state index contributed by atoms with van der Waals surface area (Å²) in [5.41, 5.74) is 5.45. The molecule has 2 rings (SSSR count). The molecule has 1 aliphatic carbocycles. The molecule has 0 radical (unpaired) electrons. The number of nitrogen functional groups attached to an aromatic ring is 1. The van der Waals surface area contributed by atoms with Crippen LogP contribution in [0.5, 0.6) is 0 Å². The largest absolute Gasteiger partial charge is 0.382 e. The van der Waals surface area contributed by atoms with Gasteiger partial charge in [0.15, 0.2) is 0 Å². The number of nitrogens with zero attached hydrogens (tertiary/aromatic N) is 2. The van der Waals surface area contributed by atoms with Crippen molar-refractivity contribution < 1.29 is 4.79 Å². The molecule has 1 atom stereocenters. The van der Waals surface area contributed by atoms with Gasteiger partial charge in [-0.05, 0) is 31.7 Å². The van der Waals surface area contributed by atoms with Crippen molar-refractivity contribution in [1.82, 2.24) is 15.1 Å². The molecular formula is C10H16N4O. The van der Waals surface area contributed by atoms with Crippen molar-refractivity contribution in [3.8, 4) is 0 Å². The van der Waals surface area contributed by atoms with E-state index in [2.05, 4.69) is 10.4 Å². The van der Waals surface area contributed by atoms with Crippen LogP contribution in [0.2, 0.25) is 0 Å². The number of hydrogen-bond acceptors (Lipinski definition) is 3. The van der Waals surface area contributed by atoms with E-state index >= 15 is 0 Å². The van der Waals surface area contributed by atoms with Crippen LogP contribution in [-0.2, 0) is 11.3 Å². The summed E-state index contributed by atoms with van der Waals surface area (Å²) in [7, 11) is 0. The fourth-order valence-electron chi connectivity index (χ4n) is 1.63. The molecule has 0 bridgehead atoms. The second-order valence-electron chi connectivity index (χ2n) is 4.13. The van der Waals surface area contributed by atoms with Crippen LogP contribution in [0.3, 0.4) is 0 Å². The lowest BCUT2D eigenvalue weighted by atomic mass is 10.2. The number of carbonyl (C=O) groups is 1. The van der Waals surface area contributed by atoms with Gasteiger partial charge in [0.05, 0.1) is 0 Å². The highest BCUT2D eigenvalue weighted by atomic mass is 16.2. The predicted octanol–water partition coefficient (Wildman–Crippen LogP) is 0.380. The van der Waals surface area contributed by atoms with Gasteiger partial charge in [-0.2, -0.15) is 5.10 Å². The molecule has 5 heteroatoms. The third kappa shape index (κ3) is 2.71. The Labute approximate surface area is 88.6 Å². The molecule has 1 aromatic rings. The summed E-state index contributed by atoms with van der Waals surface area (Å²) in [6.45, 7) is 2.29. The van der Waals surface area contributed by atoms with Crippen LogP contribution in [0, 0.1) is 5.92 Å². The SMILES string of the molecule is CC(NC(=O)Cn1ccc(N)n1)C1CC1. The zero-order valence-electron chi connectivity index (χ0n) is 8.81. The van der Waals surface area contributed by atoms with E-state index in [9.17, 15) is 4.79 Å². The predicted molar refractivity (Wildman–Crippen MR) is 57.0 cm³/mol. The van der Waals surface area contributed by atoms with E-state index in [4.69, 9.17) is 5.73 Å². The molecule has 5 nitrogen and oxygen atoms in total. The Bertz CT molecular complexity index is 356. The lowest BCUT2D eigenvalue weighted by Crippen LogP contribution is -2.36. The van der Waals surface area contributed by atoms with Crippen molar-refractivity contribution >= 4 is 11.7 Å². The van der Waals surface area contributed by atoms with Gasteiger partial charge in [-0.3, -0.25) is 9.48 Å². The molecule has 1 aliphatic rings. The molecule has 0 aromatic carbocycles. The number of aromatic nitrogens is 2. The standard InChI is InChI=1S/C10H16N4O/c1-7(8-2-3-8)12-10(15)6-14-5-4-9(11)13-14/h4-5,7-8H,2-3,6H2,1H3,(H2,11,13)(H,12,15). The summed E-state index contributed by atoms with van der Waals surface area (Å²) in [6, 6.07) is 1.96. The Hall–Kier alpha value is -1.52. The summed E-state index contributed by atoms with van der Waals surface area (Å²) in [6.07, 6.45) is 4.17. The number of amides is 1. The molecule has 1 heterocycles. The van der Waals surface area contributed by atoms with Crippen molar-refractivity contribution in [2.75, 3.05) is 5.73 Å². The molecule has 15 heavy (non-hydrogen) atoms. The van der Waals surface area contributed by atoms with E-state index in [-0.39, 0.29) is 18.5 Å². The molecule has 0 saturated heterocycles. The van der Waals surface area contributed by atoms with Crippen LogP contribution >= 0.6 is 0 Å². The summed E-state index contributed by atoms with van der Waals surface area (Å²) in [4.78, 5) is 11.6. The van der Waals surface area contributed by atoms with Crippen LogP contribution in [0.15, 0.2) is 12.3 Å². The van der Waals surface area contributed by atoms with Crippen LogP contribution in [-0.4, -0.2) is 21.7 Å². The molecule has 3 N–H and O–H groups in total. The average Bonchev–Trinajstić information content (AvgIpc) is 2.92. The molecule has 1 unspecified atom stereocenters. The molecule has 0 spiro atoms.